The summed E-state index contributed by atoms with van der Waals surface area (Å²) in [5, 5.41) is 3.73. The van der Waals surface area contributed by atoms with Crippen molar-refractivity contribution in [3.63, 3.8) is 0 Å². The molecule has 0 bridgehead atoms. The highest BCUT2D eigenvalue weighted by molar-refractivity contribution is 8.00. The zero-order valence-electron chi connectivity index (χ0n) is 11.7. The lowest BCUT2D eigenvalue weighted by Crippen LogP contribution is -2.38. The minimum Gasteiger partial charge on any atom is -0.398 e. The van der Waals surface area contributed by atoms with Gasteiger partial charge in [-0.05, 0) is 49.8 Å². The van der Waals surface area contributed by atoms with Crippen LogP contribution in [0.15, 0.2) is 23.1 Å². The van der Waals surface area contributed by atoms with Crippen LogP contribution >= 0.6 is 23.4 Å². The molecule has 0 saturated heterocycles. The summed E-state index contributed by atoms with van der Waals surface area (Å²) in [4.78, 5) is 12.8. The van der Waals surface area contributed by atoms with Gasteiger partial charge in [0, 0.05) is 21.6 Å². The predicted molar refractivity (Wildman–Crippen MR) is 86.2 cm³/mol. The average molecular weight is 313 g/mol. The standard InChI is InChI=1S/C15H21ClN2OS/c1-10-2-5-12(6-3-10)18-15(19)9-20-14-7-4-11(16)8-13(14)17/h4,7-8,10,12H,2-3,5-6,9,17H2,1H3,(H,18,19). The molecular formula is C15H21ClN2OS. The van der Waals surface area contributed by atoms with Gasteiger partial charge < -0.3 is 11.1 Å². The van der Waals surface area contributed by atoms with Crippen LogP contribution in [0.1, 0.15) is 32.6 Å². The molecule has 0 radical (unpaired) electrons. The molecule has 5 heteroatoms. The van der Waals surface area contributed by atoms with E-state index in [2.05, 4.69) is 12.2 Å². The molecule has 1 aromatic rings. The summed E-state index contributed by atoms with van der Waals surface area (Å²) in [5.74, 6) is 1.29. The Labute approximate surface area is 129 Å². The van der Waals surface area contributed by atoms with Gasteiger partial charge in [0.1, 0.15) is 0 Å². The molecule has 1 aliphatic carbocycles. The van der Waals surface area contributed by atoms with E-state index in [-0.39, 0.29) is 5.91 Å². The number of carbonyl (C=O) groups is 1. The first-order valence-corrected chi connectivity index (χ1v) is 8.38. The smallest absolute Gasteiger partial charge is 0.230 e. The van der Waals surface area contributed by atoms with Crippen molar-refractivity contribution in [2.24, 2.45) is 5.92 Å². The number of benzene rings is 1. The SMILES string of the molecule is CC1CCC(NC(=O)CSc2ccc(Cl)cc2N)CC1. The first-order valence-electron chi connectivity index (χ1n) is 7.02. The maximum Gasteiger partial charge on any atom is 0.230 e. The van der Waals surface area contributed by atoms with E-state index >= 15 is 0 Å². The maximum absolute atomic E-state index is 11.9. The zero-order valence-corrected chi connectivity index (χ0v) is 13.3. The third-order valence-corrected chi connectivity index (χ3v) is 5.04. The number of rotatable bonds is 4. The fourth-order valence-corrected chi connectivity index (χ4v) is 3.41. The second-order valence-electron chi connectivity index (χ2n) is 5.50. The number of nitrogen functional groups attached to an aromatic ring is 1. The summed E-state index contributed by atoms with van der Waals surface area (Å²) in [6, 6.07) is 5.71. The second kappa shape index (κ2) is 7.23. The molecule has 1 aromatic carbocycles. The van der Waals surface area contributed by atoms with Crippen molar-refractivity contribution < 1.29 is 4.79 Å². The van der Waals surface area contributed by atoms with E-state index in [0.717, 1.165) is 23.7 Å². The number of carbonyl (C=O) groups excluding carboxylic acids is 1. The van der Waals surface area contributed by atoms with Crippen molar-refractivity contribution in [3.8, 4) is 0 Å². The Morgan fingerprint density at radius 2 is 2.10 bits per heavy atom. The molecule has 3 N–H and O–H groups in total. The van der Waals surface area contributed by atoms with E-state index in [1.807, 2.05) is 6.07 Å². The third kappa shape index (κ3) is 4.60. The van der Waals surface area contributed by atoms with E-state index in [0.29, 0.717) is 22.5 Å². The van der Waals surface area contributed by atoms with Gasteiger partial charge in [0.25, 0.3) is 0 Å². The maximum atomic E-state index is 11.9. The summed E-state index contributed by atoms with van der Waals surface area (Å²) in [7, 11) is 0. The number of anilines is 1. The molecule has 0 heterocycles. The highest BCUT2D eigenvalue weighted by Crippen LogP contribution is 2.28. The highest BCUT2D eigenvalue weighted by atomic mass is 35.5. The number of hydrogen-bond acceptors (Lipinski definition) is 3. The van der Waals surface area contributed by atoms with Gasteiger partial charge in [-0.1, -0.05) is 18.5 Å². The van der Waals surface area contributed by atoms with Crippen molar-refractivity contribution in [1.29, 1.82) is 0 Å². The van der Waals surface area contributed by atoms with Crippen LogP contribution in [0.5, 0.6) is 0 Å². The van der Waals surface area contributed by atoms with Crippen molar-refractivity contribution in [2.45, 2.75) is 43.5 Å². The molecule has 0 atom stereocenters. The summed E-state index contributed by atoms with van der Waals surface area (Å²) in [5.41, 5.74) is 6.50. The number of hydrogen-bond donors (Lipinski definition) is 2. The zero-order chi connectivity index (χ0) is 14.5. The quantitative estimate of drug-likeness (QED) is 0.658. The van der Waals surface area contributed by atoms with E-state index in [1.165, 1.54) is 24.6 Å². The van der Waals surface area contributed by atoms with Gasteiger partial charge in [0.15, 0.2) is 0 Å². The largest absolute Gasteiger partial charge is 0.398 e. The summed E-state index contributed by atoms with van der Waals surface area (Å²) >= 11 is 7.31. The van der Waals surface area contributed by atoms with Gasteiger partial charge in [-0.15, -0.1) is 11.8 Å². The van der Waals surface area contributed by atoms with Gasteiger partial charge in [0.2, 0.25) is 5.91 Å². The topological polar surface area (TPSA) is 55.1 Å². The number of nitrogens with two attached hydrogens (primary N) is 1. The Morgan fingerprint density at radius 3 is 2.75 bits per heavy atom. The fourth-order valence-electron chi connectivity index (χ4n) is 2.47. The molecule has 2 rings (SSSR count). The molecule has 1 aliphatic rings. The van der Waals surface area contributed by atoms with Gasteiger partial charge in [-0.2, -0.15) is 0 Å². The number of nitrogens with one attached hydrogen (secondary N) is 1. The lowest BCUT2D eigenvalue weighted by Gasteiger charge is -2.26. The van der Waals surface area contributed by atoms with Crippen LogP contribution in [0.4, 0.5) is 5.69 Å². The summed E-state index contributed by atoms with van der Waals surface area (Å²) < 4.78 is 0. The minimum atomic E-state index is 0.0869. The molecule has 20 heavy (non-hydrogen) atoms. The molecular weight excluding hydrogens is 292 g/mol. The first kappa shape index (κ1) is 15.5. The monoisotopic (exact) mass is 312 g/mol. The lowest BCUT2D eigenvalue weighted by atomic mass is 9.87. The van der Waals surface area contributed by atoms with E-state index in [4.69, 9.17) is 17.3 Å². The molecule has 0 aliphatic heterocycles. The van der Waals surface area contributed by atoms with Crippen LogP contribution < -0.4 is 11.1 Å². The molecule has 110 valence electrons. The second-order valence-corrected chi connectivity index (χ2v) is 6.95. The highest BCUT2D eigenvalue weighted by Gasteiger charge is 2.19. The molecule has 1 fully saturated rings. The van der Waals surface area contributed by atoms with Crippen LogP contribution in [0, 0.1) is 5.92 Å². The van der Waals surface area contributed by atoms with Gasteiger partial charge in [0.05, 0.1) is 5.75 Å². The van der Waals surface area contributed by atoms with Crippen LogP contribution in [-0.4, -0.2) is 17.7 Å². The molecule has 3 nitrogen and oxygen atoms in total. The Kier molecular flexibility index (Phi) is 5.61. The summed E-state index contributed by atoms with van der Waals surface area (Å²) in [6.45, 7) is 2.28. The van der Waals surface area contributed by atoms with Gasteiger partial charge >= 0.3 is 0 Å². The van der Waals surface area contributed by atoms with Crippen molar-refractivity contribution >= 4 is 35.0 Å². The number of amides is 1. The average Bonchev–Trinajstić information content (AvgIpc) is 2.40. The van der Waals surface area contributed by atoms with Gasteiger partial charge in [-0.3, -0.25) is 4.79 Å². The fraction of sp³-hybridized carbons (Fsp3) is 0.533. The van der Waals surface area contributed by atoms with Crippen LogP contribution in [0.3, 0.4) is 0 Å². The number of thioether (sulfide) groups is 1. The lowest BCUT2D eigenvalue weighted by molar-refractivity contribution is -0.119. The molecule has 1 amide bonds. The third-order valence-electron chi connectivity index (χ3n) is 3.71. The van der Waals surface area contributed by atoms with E-state index in [1.54, 1.807) is 12.1 Å². The first-order chi connectivity index (χ1) is 9.54. The van der Waals surface area contributed by atoms with Crippen LogP contribution in [-0.2, 0) is 4.79 Å². The molecule has 1 saturated carbocycles. The summed E-state index contributed by atoms with van der Waals surface area (Å²) in [6.07, 6.45) is 4.62. The molecule has 0 unspecified atom stereocenters. The van der Waals surface area contributed by atoms with E-state index in [9.17, 15) is 4.79 Å². The Hall–Kier alpha value is -0.870. The van der Waals surface area contributed by atoms with Gasteiger partial charge in [-0.25, -0.2) is 0 Å². The molecule has 0 aromatic heterocycles. The molecule has 0 spiro atoms. The number of halogens is 1. The normalized spacial score (nSPS) is 22.5. The van der Waals surface area contributed by atoms with Crippen LogP contribution in [0.2, 0.25) is 5.02 Å². The van der Waals surface area contributed by atoms with E-state index < -0.39 is 0 Å². The minimum absolute atomic E-state index is 0.0869. The Morgan fingerprint density at radius 1 is 1.40 bits per heavy atom. The predicted octanol–water partition coefficient (Wildman–Crippen LogP) is 3.71. The van der Waals surface area contributed by atoms with Crippen LogP contribution in [0.25, 0.3) is 0 Å². The van der Waals surface area contributed by atoms with Crippen molar-refractivity contribution in [2.75, 3.05) is 11.5 Å². The van der Waals surface area contributed by atoms with Crippen molar-refractivity contribution in [1.82, 2.24) is 5.32 Å². The Bertz CT molecular complexity index is 473. The van der Waals surface area contributed by atoms with Crippen molar-refractivity contribution in [3.05, 3.63) is 23.2 Å². The Balaban J connectivity index is 1.77.